The Morgan fingerprint density at radius 2 is 2.00 bits per heavy atom. The van der Waals surface area contributed by atoms with Crippen molar-refractivity contribution >= 4 is 23.4 Å². The highest BCUT2D eigenvalue weighted by Crippen LogP contribution is 2.51. The summed E-state index contributed by atoms with van der Waals surface area (Å²) < 4.78 is 5.50. The maximum absolute atomic E-state index is 13.6. The van der Waals surface area contributed by atoms with Crippen molar-refractivity contribution < 1.29 is 19.1 Å². The lowest BCUT2D eigenvalue weighted by atomic mass is 9.75. The maximum Gasteiger partial charge on any atom is 0.271 e. The van der Waals surface area contributed by atoms with Crippen molar-refractivity contribution in [2.45, 2.75) is 43.9 Å². The second kappa shape index (κ2) is 6.03. The number of nitrogens with zero attached hydrogens (tertiary/aromatic N) is 2. The molecule has 7 nitrogen and oxygen atoms in total. The van der Waals surface area contributed by atoms with Gasteiger partial charge in [0.05, 0.1) is 12.1 Å². The molecule has 0 aliphatic carbocycles. The Balaban J connectivity index is 1.72. The average Bonchev–Trinajstić information content (AvgIpc) is 3.34. The number of benzene rings is 1. The van der Waals surface area contributed by atoms with Gasteiger partial charge in [-0.05, 0) is 38.0 Å². The van der Waals surface area contributed by atoms with E-state index in [4.69, 9.17) is 4.74 Å². The van der Waals surface area contributed by atoms with Crippen LogP contribution in [0.5, 0.6) is 0 Å². The van der Waals surface area contributed by atoms with Gasteiger partial charge in [-0.25, -0.2) is 0 Å². The fraction of sp³-hybridized carbons (Fsp3) is 0.409. The van der Waals surface area contributed by atoms with E-state index in [9.17, 15) is 14.4 Å². The number of nitrogens with one attached hydrogen (secondary N) is 1. The third-order valence-corrected chi connectivity index (χ3v) is 6.47. The van der Waals surface area contributed by atoms with Gasteiger partial charge in [-0.3, -0.25) is 19.3 Å². The molecular weight excluding hydrogens is 370 g/mol. The van der Waals surface area contributed by atoms with Crippen LogP contribution in [0.4, 0.5) is 5.69 Å². The molecule has 5 rings (SSSR count). The highest BCUT2D eigenvalue weighted by molar-refractivity contribution is 6.14. The maximum atomic E-state index is 13.6. The number of fused-ring (bicyclic) bond motifs is 4. The summed E-state index contributed by atoms with van der Waals surface area (Å²) in [5.74, 6) is -0.612. The SMILES string of the molecule is COC1CCN2C(=O)C3=CC4(C(=O)Nc5ccccc54)C(C=C(C)C)N3C(=O)C12. The van der Waals surface area contributed by atoms with E-state index in [1.807, 2.05) is 44.2 Å². The highest BCUT2D eigenvalue weighted by Gasteiger charge is 2.63. The summed E-state index contributed by atoms with van der Waals surface area (Å²) in [6, 6.07) is 6.23. The second-order valence-electron chi connectivity index (χ2n) is 8.30. The number of amides is 3. The van der Waals surface area contributed by atoms with Crippen LogP contribution >= 0.6 is 0 Å². The Hall–Kier alpha value is -2.93. The molecule has 0 aromatic heterocycles. The number of hydrogen-bond acceptors (Lipinski definition) is 4. The molecule has 4 heterocycles. The quantitative estimate of drug-likeness (QED) is 0.774. The van der Waals surface area contributed by atoms with Gasteiger partial charge in [0.15, 0.2) is 0 Å². The number of methoxy groups -OCH3 is 1. The fourth-order valence-electron chi connectivity index (χ4n) is 5.22. The summed E-state index contributed by atoms with van der Waals surface area (Å²) in [4.78, 5) is 43.4. The predicted molar refractivity (Wildman–Crippen MR) is 106 cm³/mol. The lowest BCUT2D eigenvalue weighted by Gasteiger charge is -2.41. The molecule has 4 unspecified atom stereocenters. The van der Waals surface area contributed by atoms with Crippen molar-refractivity contribution in [1.29, 1.82) is 0 Å². The number of hydrogen-bond donors (Lipinski definition) is 1. The van der Waals surface area contributed by atoms with Crippen LogP contribution in [0.2, 0.25) is 0 Å². The Kier molecular flexibility index (Phi) is 3.77. The monoisotopic (exact) mass is 393 g/mol. The Bertz CT molecular complexity index is 1010. The summed E-state index contributed by atoms with van der Waals surface area (Å²) in [6.45, 7) is 4.34. The fourth-order valence-corrected chi connectivity index (χ4v) is 5.22. The Morgan fingerprint density at radius 3 is 2.72 bits per heavy atom. The molecule has 4 aliphatic heterocycles. The number of ether oxygens (including phenoxy) is 1. The topological polar surface area (TPSA) is 79.0 Å². The van der Waals surface area contributed by atoms with Crippen LogP contribution in [-0.2, 0) is 24.5 Å². The largest absolute Gasteiger partial charge is 0.379 e. The number of allylic oxidation sites excluding steroid dienone is 1. The van der Waals surface area contributed by atoms with Crippen LogP contribution in [0.3, 0.4) is 0 Å². The van der Waals surface area contributed by atoms with E-state index in [1.54, 1.807) is 18.1 Å². The lowest BCUT2D eigenvalue weighted by molar-refractivity contribution is -0.153. The molecule has 1 aromatic rings. The van der Waals surface area contributed by atoms with E-state index in [2.05, 4.69) is 5.32 Å². The van der Waals surface area contributed by atoms with Crippen LogP contribution in [0.15, 0.2) is 47.7 Å². The van der Waals surface area contributed by atoms with Crippen LogP contribution in [0.1, 0.15) is 25.8 Å². The molecule has 3 amide bonds. The van der Waals surface area contributed by atoms with Gasteiger partial charge in [-0.2, -0.15) is 0 Å². The molecule has 1 spiro atoms. The van der Waals surface area contributed by atoms with E-state index in [0.717, 1.165) is 16.8 Å². The van der Waals surface area contributed by atoms with E-state index >= 15 is 0 Å². The minimum absolute atomic E-state index is 0.184. The predicted octanol–water partition coefficient (Wildman–Crippen LogP) is 1.57. The molecule has 7 heteroatoms. The van der Waals surface area contributed by atoms with E-state index in [0.29, 0.717) is 13.0 Å². The number of carbonyl (C=O) groups excluding carboxylic acids is 3. The van der Waals surface area contributed by atoms with Crippen LogP contribution < -0.4 is 5.32 Å². The van der Waals surface area contributed by atoms with Gasteiger partial charge in [0.1, 0.15) is 17.2 Å². The zero-order chi connectivity index (χ0) is 20.5. The first-order valence-corrected chi connectivity index (χ1v) is 9.86. The molecule has 0 bridgehead atoms. The number of piperazine rings is 1. The second-order valence-corrected chi connectivity index (χ2v) is 8.30. The van der Waals surface area contributed by atoms with Crippen molar-refractivity contribution in [1.82, 2.24) is 9.80 Å². The van der Waals surface area contributed by atoms with Crippen molar-refractivity contribution in [3.8, 4) is 0 Å². The molecule has 1 N–H and O–H groups in total. The summed E-state index contributed by atoms with van der Waals surface area (Å²) >= 11 is 0. The van der Waals surface area contributed by atoms with Gasteiger partial charge in [0.25, 0.3) is 11.8 Å². The van der Waals surface area contributed by atoms with Gasteiger partial charge in [0, 0.05) is 19.3 Å². The molecule has 150 valence electrons. The standard InChI is InChI=1S/C22H23N3O4/c1-12(2)10-17-22(13-6-4-5-7-14(13)23-21(22)28)11-15-19(26)24-9-8-16(29-3)18(24)20(27)25(15)17/h4-7,10-11,16-18H,8-9H2,1-3H3,(H,23,28). The van der Waals surface area contributed by atoms with Crippen LogP contribution in [-0.4, -0.2) is 59.4 Å². The molecule has 0 saturated carbocycles. The van der Waals surface area contributed by atoms with E-state index in [1.165, 1.54) is 4.90 Å². The molecule has 4 atom stereocenters. The molecule has 1 aromatic carbocycles. The first-order valence-electron chi connectivity index (χ1n) is 9.86. The number of rotatable bonds is 2. The van der Waals surface area contributed by atoms with Gasteiger partial charge >= 0.3 is 0 Å². The zero-order valence-electron chi connectivity index (χ0n) is 16.6. The van der Waals surface area contributed by atoms with E-state index in [-0.39, 0.29) is 29.5 Å². The molecule has 4 aliphatic rings. The van der Waals surface area contributed by atoms with E-state index < -0.39 is 17.5 Å². The van der Waals surface area contributed by atoms with Crippen molar-refractivity contribution in [2.75, 3.05) is 19.0 Å². The van der Waals surface area contributed by atoms with Crippen molar-refractivity contribution in [3.63, 3.8) is 0 Å². The summed E-state index contributed by atoms with van der Waals surface area (Å²) in [6.07, 6.45) is 3.92. The van der Waals surface area contributed by atoms with Gasteiger partial charge in [0.2, 0.25) is 5.91 Å². The number of para-hydroxylation sites is 1. The minimum Gasteiger partial charge on any atom is -0.379 e. The molecule has 29 heavy (non-hydrogen) atoms. The first-order chi connectivity index (χ1) is 13.9. The molecule has 2 saturated heterocycles. The zero-order valence-corrected chi connectivity index (χ0v) is 16.6. The molecule has 0 radical (unpaired) electrons. The molecular formula is C22H23N3O4. The van der Waals surface area contributed by atoms with Crippen molar-refractivity contribution in [3.05, 3.63) is 53.3 Å². The normalized spacial score (nSPS) is 32.2. The van der Waals surface area contributed by atoms with Gasteiger partial charge in [-0.15, -0.1) is 0 Å². The summed E-state index contributed by atoms with van der Waals surface area (Å²) in [7, 11) is 1.57. The smallest absolute Gasteiger partial charge is 0.271 e. The summed E-state index contributed by atoms with van der Waals surface area (Å²) in [5.41, 5.74) is 1.66. The lowest BCUT2D eigenvalue weighted by Crippen LogP contribution is -2.61. The van der Waals surface area contributed by atoms with Gasteiger partial charge in [-0.1, -0.05) is 29.8 Å². The van der Waals surface area contributed by atoms with Crippen LogP contribution in [0.25, 0.3) is 0 Å². The molecule has 2 fully saturated rings. The average molecular weight is 393 g/mol. The van der Waals surface area contributed by atoms with Crippen LogP contribution in [0, 0.1) is 0 Å². The first kappa shape index (κ1) is 18.1. The minimum atomic E-state index is -1.11. The van der Waals surface area contributed by atoms with Gasteiger partial charge < -0.3 is 15.0 Å². The third kappa shape index (κ3) is 2.19. The Labute approximate surface area is 169 Å². The summed E-state index contributed by atoms with van der Waals surface area (Å²) in [5, 5.41) is 2.94. The van der Waals surface area contributed by atoms with Crippen molar-refractivity contribution in [2.24, 2.45) is 0 Å². The number of carbonyl (C=O) groups is 3. The third-order valence-electron chi connectivity index (χ3n) is 6.47. The highest BCUT2D eigenvalue weighted by atomic mass is 16.5. The Morgan fingerprint density at radius 1 is 1.24 bits per heavy atom. The number of anilines is 1.